The zero-order valence-corrected chi connectivity index (χ0v) is 25.3. The summed E-state index contributed by atoms with van der Waals surface area (Å²) in [6.07, 6.45) is 31.5. The highest BCUT2D eigenvalue weighted by Gasteiger charge is 2.39. The average molecular weight is 525 g/mol. The Morgan fingerprint density at radius 2 is 0.946 bits per heavy atom. The van der Waals surface area contributed by atoms with Gasteiger partial charge in [0.2, 0.25) is 0 Å². The van der Waals surface area contributed by atoms with Crippen LogP contribution in [0.2, 0.25) is 0 Å². The number of hydrogen-bond donors (Lipinski definition) is 0. The van der Waals surface area contributed by atoms with Gasteiger partial charge in [0, 0.05) is 6.61 Å². The summed E-state index contributed by atoms with van der Waals surface area (Å²) >= 11 is 0. The molecule has 1 unspecified atom stereocenters. The summed E-state index contributed by atoms with van der Waals surface area (Å²) in [5, 5.41) is 0. The average Bonchev–Trinajstić information content (AvgIpc) is 2.90. The number of carbonyl (C=O) groups excluding carboxylic acids is 1. The van der Waals surface area contributed by atoms with Crippen LogP contribution in [-0.2, 0) is 19.0 Å². The summed E-state index contributed by atoms with van der Waals surface area (Å²) in [4.78, 5) is 11.6. The van der Waals surface area contributed by atoms with Crippen LogP contribution in [0.25, 0.3) is 0 Å². The number of Topliss-reactive ketones (excluding diaryl/α,β-unsaturated/α-hetero) is 1. The molecule has 0 radical (unpaired) electrons. The lowest BCUT2D eigenvalue weighted by atomic mass is 9.95. The molecule has 1 aliphatic rings. The van der Waals surface area contributed by atoms with Gasteiger partial charge in [0.05, 0.1) is 0 Å². The molecule has 1 heterocycles. The third-order valence-corrected chi connectivity index (χ3v) is 8.00. The fourth-order valence-corrected chi connectivity index (χ4v) is 5.43. The molecule has 0 spiro atoms. The van der Waals surface area contributed by atoms with E-state index in [2.05, 4.69) is 20.8 Å². The highest BCUT2D eigenvalue weighted by molar-refractivity contribution is 5.81. The molecular formula is C33H64O4. The van der Waals surface area contributed by atoms with Gasteiger partial charge in [0.15, 0.2) is 12.1 Å². The van der Waals surface area contributed by atoms with E-state index in [0.717, 1.165) is 25.9 Å². The zero-order valence-electron chi connectivity index (χ0n) is 25.3. The van der Waals surface area contributed by atoms with Gasteiger partial charge in [-0.05, 0) is 19.8 Å². The number of rotatable bonds is 27. The fraction of sp³-hybridized carbons (Fsp3) is 0.970. The molecule has 0 amide bonds. The molecule has 0 N–H and O–H groups in total. The van der Waals surface area contributed by atoms with Crippen molar-refractivity contribution in [3.8, 4) is 0 Å². The molecule has 0 saturated carbocycles. The van der Waals surface area contributed by atoms with E-state index in [0.29, 0.717) is 0 Å². The lowest BCUT2D eigenvalue weighted by Crippen LogP contribution is -2.49. The van der Waals surface area contributed by atoms with Crippen molar-refractivity contribution in [1.82, 2.24) is 0 Å². The minimum atomic E-state index is -0.459. The topological polar surface area (TPSA) is 44.8 Å². The molecule has 0 aromatic heterocycles. The van der Waals surface area contributed by atoms with E-state index in [9.17, 15) is 4.79 Å². The molecule has 1 aliphatic heterocycles. The summed E-state index contributed by atoms with van der Waals surface area (Å²) in [6, 6.07) is 0. The largest absolute Gasteiger partial charge is 0.370 e. The van der Waals surface area contributed by atoms with Crippen LogP contribution in [0, 0.1) is 0 Å². The maximum atomic E-state index is 11.6. The zero-order chi connectivity index (χ0) is 26.9. The lowest BCUT2D eigenvalue weighted by Gasteiger charge is -2.38. The number of hydrogen-bond acceptors (Lipinski definition) is 4. The van der Waals surface area contributed by atoms with Gasteiger partial charge < -0.3 is 14.2 Å². The number of carbonyl (C=O) groups is 1. The van der Waals surface area contributed by atoms with Crippen molar-refractivity contribution in [2.24, 2.45) is 0 Å². The maximum Gasteiger partial charge on any atom is 0.187 e. The van der Waals surface area contributed by atoms with Crippen molar-refractivity contribution < 1.29 is 19.0 Å². The Morgan fingerprint density at radius 3 is 1.35 bits per heavy atom. The molecule has 4 nitrogen and oxygen atoms in total. The summed E-state index contributed by atoms with van der Waals surface area (Å²) in [7, 11) is 0. The van der Waals surface area contributed by atoms with E-state index in [4.69, 9.17) is 14.2 Å². The number of unbranched alkanes of at least 4 members (excludes halogenated alkanes) is 21. The van der Waals surface area contributed by atoms with Gasteiger partial charge in [0.1, 0.15) is 18.8 Å². The van der Waals surface area contributed by atoms with Gasteiger partial charge in [0.25, 0.3) is 0 Å². The molecule has 0 bridgehead atoms. The van der Waals surface area contributed by atoms with Gasteiger partial charge in [-0.2, -0.15) is 0 Å². The second-order valence-electron chi connectivity index (χ2n) is 11.8. The van der Waals surface area contributed by atoms with E-state index in [1.54, 1.807) is 0 Å². The second-order valence-corrected chi connectivity index (χ2v) is 11.8. The van der Waals surface area contributed by atoms with Gasteiger partial charge in [-0.25, -0.2) is 0 Å². The van der Waals surface area contributed by atoms with Crippen LogP contribution in [0.5, 0.6) is 0 Å². The van der Waals surface area contributed by atoms with Crippen LogP contribution in [-0.4, -0.2) is 37.5 Å². The van der Waals surface area contributed by atoms with E-state index in [1.807, 2.05) is 0 Å². The van der Waals surface area contributed by atoms with Gasteiger partial charge in [-0.1, -0.05) is 155 Å². The molecule has 220 valence electrons. The molecule has 0 aromatic carbocycles. The van der Waals surface area contributed by atoms with Crippen molar-refractivity contribution >= 4 is 5.78 Å². The van der Waals surface area contributed by atoms with Crippen LogP contribution >= 0.6 is 0 Å². The van der Waals surface area contributed by atoms with Gasteiger partial charge >= 0.3 is 0 Å². The standard InChI is InChI=1S/C33H64O4/c1-4-6-8-10-12-13-14-15-16-17-18-19-20-22-24-26-28-37-33(3,32-35-29-31(34)30-36-32)27-25-23-21-11-9-7-5-2/h32H,4-30H2,1-3H3. The third-order valence-electron chi connectivity index (χ3n) is 8.00. The first kappa shape index (κ1) is 34.6. The number of ketones is 1. The first-order valence-corrected chi connectivity index (χ1v) is 16.5. The fourth-order valence-electron chi connectivity index (χ4n) is 5.43. The van der Waals surface area contributed by atoms with E-state index in [-0.39, 0.29) is 19.0 Å². The summed E-state index contributed by atoms with van der Waals surface area (Å²) in [5.41, 5.74) is -0.459. The first-order valence-electron chi connectivity index (χ1n) is 16.5. The van der Waals surface area contributed by atoms with Crippen molar-refractivity contribution in [2.45, 2.75) is 187 Å². The van der Waals surface area contributed by atoms with E-state index in [1.165, 1.54) is 135 Å². The molecule has 0 aromatic rings. The minimum Gasteiger partial charge on any atom is -0.370 e. The quantitative estimate of drug-likeness (QED) is 0.100. The second kappa shape index (κ2) is 24.6. The number of ether oxygens (including phenoxy) is 3. The predicted octanol–water partition coefficient (Wildman–Crippen LogP) is 10.1. The smallest absolute Gasteiger partial charge is 0.187 e. The van der Waals surface area contributed by atoms with Crippen molar-refractivity contribution in [2.75, 3.05) is 19.8 Å². The molecular weight excluding hydrogens is 460 g/mol. The molecule has 37 heavy (non-hydrogen) atoms. The summed E-state index contributed by atoms with van der Waals surface area (Å²) < 4.78 is 17.9. The minimum absolute atomic E-state index is 0.0207. The Morgan fingerprint density at radius 1 is 0.595 bits per heavy atom. The van der Waals surface area contributed by atoms with E-state index >= 15 is 0 Å². The van der Waals surface area contributed by atoms with Crippen LogP contribution in [0.1, 0.15) is 175 Å². The van der Waals surface area contributed by atoms with Crippen LogP contribution in [0.3, 0.4) is 0 Å². The van der Waals surface area contributed by atoms with Crippen molar-refractivity contribution in [1.29, 1.82) is 0 Å². The van der Waals surface area contributed by atoms with Crippen LogP contribution in [0.4, 0.5) is 0 Å². The Labute approximate surface area is 231 Å². The van der Waals surface area contributed by atoms with Gasteiger partial charge in [-0.15, -0.1) is 0 Å². The highest BCUT2D eigenvalue weighted by Crippen LogP contribution is 2.29. The monoisotopic (exact) mass is 524 g/mol. The lowest BCUT2D eigenvalue weighted by molar-refractivity contribution is -0.262. The summed E-state index contributed by atoms with van der Waals surface area (Å²) in [5.74, 6) is 0.0207. The molecule has 1 rings (SSSR count). The molecule has 1 atom stereocenters. The Hall–Kier alpha value is -0.450. The van der Waals surface area contributed by atoms with Crippen LogP contribution < -0.4 is 0 Å². The maximum absolute atomic E-state index is 11.6. The van der Waals surface area contributed by atoms with Crippen molar-refractivity contribution in [3.63, 3.8) is 0 Å². The molecule has 4 heteroatoms. The Balaban J connectivity index is 2.06. The van der Waals surface area contributed by atoms with E-state index < -0.39 is 11.9 Å². The summed E-state index contributed by atoms with van der Waals surface area (Å²) in [6.45, 7) is 7.73. The third kappa shape index (κ3) is 19.3. The van der Waals surface area contributed by atoms with Crippen molar-refractivity contribution in [3.05, 3.63) is 0 Å². The molecule has 1 saturated heterocycles. The normalized spacial score (nSPS) is 16.4. The first-order chi connectivity index (χ1) is 18.1. The molecule has 1 fully saturated rings. The Kier molecular flexibility index (Phi) is 23.0. The van der Waals surface area contributed by atoms with Gasteiger partial charge in [-0.3, -0.25) is 4.79 Å². The SMILES string of the molecule is CCCCCCCCCCCCCCCCCCOC(C)(CCCCCCCCC)C1OCC(=O)CO1. The molecule has 0 aliphatic carbocycles. The Bertz CT molecular complexity index is 499. The highest BCUT2D eigenvalue weighted by atomic mass is 16.7. The van der Waals surface area contributed by atoms with Crippen LogP contribution in [0.15, 0.2) is 0 Å². The predicted molar refractivity (Wildman–Crippen MR) is 157 cm³/mol.